The highest BCUT2D eigenvalue weighted by atomic mass is 35.5. The average molecular weight is 334 g/mol. The molecule has 0 fully saturated rings. The van der Waals surface area contributed by atoms with Crippen LogP contribution in [0.1, 0.15) is 51.4 Å². The number of hydrogen-bond donors (Lipinski definition) is 0. The Morgan fingerprint density at radius 1 is 1.23 bits per heavy atom. The number of benzene rings is 1. The molecule has 0 aliphatic rings. The number of nitro groups is 1. The van der Waals surface area contributed by atoms with E-state index < -0.39 is 17.0 Å². The summed E-state index contributed by atoms with van der Waals surface area (Å²) in [5.74, 6) is -0.731. The van der Waals surface area contributed by atoms with E-state index in [1.54, 1.807) is 0 Å². The third-order valence-corrected chi connectivity index (χ3v) is 3.34. The summed E-state index contributed by atoms with van der Waals surface area (Å²) in [5.41, 5.74) is -0.247. The number of nitrogens with zero attached hydrogens (tertiary/aromatic N) is 1. The summed E-state index contributed by atoms with van der Waals surface area (Å²) in [6.45, 7) is 4.77. The molecule has 0 aliphatic carbocycles. The number of rotatable bonds is 10. The molecular weight excluding hydrogens is 313 g/mol. The third kappa shape index (κ3) is 5.51. The van der Waals surface area contributed by atoms with E-state index in [0.717, 1.165) is 37.8 Å². The van der Waals surface area contributed by atoms with Crippen molar-refractivity contribution in [3.63, 3.8) is 0 Å². The summed E-state index contributed by atoms with van der Waals surface area (Å²) in [7, 11) is 0. The molecule has 5 nitrogen and oxygen atoms in total. The summed E-state index contributed by atoms with van der Waals surface area (Å²) in [4.78, 5) is 10.6. The summed E-state index contributed by atoms with van der Waals surface area (Å²) in [6, 6.07) is 2.01. The minimum Gasteiger partial charge on any atom is -0.348 e. The number of unbranched alkanes of at least 4 members (excludes halogenated alkanes) is 2. The van der Waals surface area contributed by atoms with E-state index in [4.69, 9.17) is 21.1 Å². The molecule has 0 amide bonds. The maximum absolute atomic E-state index is 13.7. The van der Waals surface area contributed by atoms with Crippen molar-refractivity contribution in [3.8, 4) is 0 Å². The van der Waals surface area contributed by atoms with E-state index >= 15 is 0 Å². The molecule has 22 heavy (non-hydrogen) atoms. The molecule has 1 aromatic rings. The monoisotopic (exact) mass is 333 g/mol. The molecule has 1 rings (SSSR count). The first-order valence-corrected chi connectivity index (χ1v) is 7.75. The van der Waals surface area contributed by atoms with Gasteiger partial charge in [0.05, 0.1) is 28.7 Å². The van der Waals surface area contributed by atoms with Crippen molar-refractivity contribution in [2.75, 3.05) is 13.2 Å². The van der Waals surface area contributed by atoms with Gasteiger partial charge in [-0.15, -0.1) is 0 Å². The molecule has 0 spiro atoms. The topological polar surface area (TPSA) is 61.6 Å². The van der Waals surface area contributed by atoms with Crippen molar-refractivity contribution in [2.24, 2.45) is 0 Å². The molecule has 0 atom stereocenters. The van der Waals surface area contributed by atoms with Crippen LogP contribution in [0.3, 0.4) is 0 Å². The van der Waals surface area contributed by atoms with E-state index in [9.17, 15) is 14.5 Å². The Hall–Kier alpha value is -1.24. The standard InChI is InChI=1S/C15H21ClFNO4/c1-3-5-7-21-15(22-8-6-4-2)11-9-13(17)12(16)10-14(11)18(19)20/h9-10,15H,3-8H2,1-2H3. The minimum atomic E-state index is -0.967. The van der Waals surface area contributed by atoms with Crippen LogP contribution in [-0.4, -0.2) is 18.1 Å². The van der Waals surface area contributed by atoms with Crippen molar-refractivity contribution >= 4 is 17.3 Å². The molecule has 124 valence electrons. The number of halogens is 2. The first-order chi connectivity index (χ1) is 10.5. The number of ether oxygens (including phenoxy) is 2. The Morgan fingerprint density at radius 3 is 2.23 bits per heavy atom. The van der Waals surface area contributed by atoms with Gasteiger partial charge in [0.15, 0.2) is 6.29 Å². The molecule has 0 aliphatic heterocycles. The molecule has 0 radical (unpaired) electrons. The van der Waals surface area contributed by atoms with Crippen molar-refractivity contribution in [3.05, 3.63) is 38.7 Å². The zero-order valence-electron chi connectivity index (χ0n) is 12.8. The summed E-state index contributed by atoms with van der Waals surface area (Å²) >= 11 is 5.63. The van der Waals surface area contributed by atoms with Gasteiger partial charge in [-0.05, 0) is 18.9 Å². The quantitative estimate of drug-likeness (QED) is 0.261. The van der Waals surface area contributed by atoms with Gasteiger partial charge < -0.3 is 9.47 Å². The second-order valence-electron chi connectivity index (χ2n) is 4.86. The van der Waals surface area contributed by atoms with Crippen molar-refractivity contribution in [2.45, 2.75) is 45.8 Å². The second-order valence-corrected chi connectivity index (χ2v) is 5.27. The highest BCUT2D eigenvalue weighted by Gasteiger charge is 2.26. The van der Waals surface area contributed by atoms with Crippen LogP contribution in [0.5, 0.6) is 0 Å². The van der Waals surface area contributed by atoms with Crippen LogP contribution in [0.2, 0.25) is 5.02 Å². The zero-order chi connectivity index (χ0) is 16.5. The Bertz CT molecular complexity index is 489. The fraction of sp³-hybridized carbons (Fsp3) is 0.600. The van der Waals surface area contributed by atoms with Gasteiger partial charge in [0.1, 0.15) is 5.82 Å². The highest BCUT2D eigenvalue weighted by molar-refractivity contribution is 6.31. The Balaban J connectivity index is 3.04. The van der Waals surface area contributed by atoms with Gasteiger partial charge in [-0.1, -0.05) is 38.3 Å². The van der Waals surface area contributed by atoms with Crippen LogP contribution >= 0.6 is 11.6 Å². The predicted molar refractivity (Wildman–Crippen MR) is 82.5 cm³/mol. The molecular formula is C15H21ClFNO4. The van der Waals surface area contributed by atoms with Crippen LogP contribution in [0, 0.1) is 15.9 Å². The molecule has 0 unspecified atom stereocenters. The maximum atomic E-state index is 13.7. The lowest BCUT2D eigenvalue weighted by molar-refractivity contribution is -0.387. The number of nitro benzene ring substituents is 1. The van der Waals surface area contributed by atoms with Gasteiger partial charge in [-0.25, -0.2) is 4.39 Å². The van der Waals surface area contributed by atoms with E-state index in [2.05, 4.69) is 0 Å². The fourth-order valence-electron chi connectivity index (χ4n) is 1.80. The van der Waals surface area contributed by atoms with Gasteiger partial charge in [0.25, 0.3) is 5.69 Å². The Labute approximate surface area is 134 Å². The second kappa shape index (κ2) is 9.71. The first kappa shape index (κ1) is 18.8. The maximum Gasteiger partial charge on any atom is 0.279 e. The molecule has 0 N–H and O–H groups in total. The molecule has 7 heteroatoms. The Morgan fingerprint density at radius 2 is 1.77 bits per heavy atom. The van der Waals surface area contributed by atoms with Crippen LogP contribution in [-0.2, 0) is 9.47 Å². The molecule has 0 aromatic heterocycles. The molecule has 0 bridgehead atoms. The predicted octanol–water partition coefficient (Wildman–Crippen LogP) is 5.02. The summed E-state index contributed by atoms with van der Waals surface area (Å²) in [6.07, 6.45) is 2.44. The van der Waals surface area contributed by atoms with Crippen molar-refractivity contribution in [1.82, 2.24) is 0 Å². The molecule has 0 heterocycles. The largest absolute Gasteiger partial charge is 0.348 e. The lowest BCUT2D eigenvalue weighted by atomic mass is 10.1. The van der Waals surface area contributed by atoms with Gasteiger partial charge >= 0.3 is 0 Å². The first-order valence-electron chi connectivity index (χ1n) is 7.37. The van der Waals surface area contributed by atoms with Gasteiger partial charge in [0.2, 0.25) is 0 Å². The minimum absolute atomic E-state index is 0.0547. The smallest absolute Gasteiger partial charge is 0.279 e. The van der Waals surface area contributed by atoms with Crippen LogP contribution in [0.25, 0.3) is 0 Å². The van der Waals surface area contributed by atoms with Gasteiger partial charge in [-0.3, -0.25) is 10.1 Å². The van der Waals surface area contributed by atoms with Crippen molar-refractivity contribution < 1.29 is 18.8 Å². The van der Waals surface area contributed by atoms with E-state index in [0.29, 0.717) is 13.2 Å². The SMILES string of the molecule is CCCCOC(OCCCC)c1cc(F)c(Cl)cc1[N+](=O)[O-]. The van der Waals surface area contributed by atoms with Crippen LogP contribution in [0.15, 0.2) is 12.1 Å². The van der Waals surface area contributed by atoms with Gasteiger partial charge in [-0.2, -0.15) is 0 Å². The lowest BCUT2D eigenvalue weighted by Crippen LogP contribution is -2.13. The van der Waals surface area contributed by atoms with E-state index in [-0.39, 0.29) is 16.3 Å². The normalized spacial score (nSPS) is 11.1. The molecule has 0 saturated carbocycles. The fourth-order valence-corrected chi connectivity index (χ4v) is 1.95. The summed E-state index contributed by atoms with van der Waals surface area (Å²) < 4.78 is 24.8. The van der Waals surface area contributed by atoms with Crippen LogP contribution in [0.4, 0.5) is 10.1 Å². The molecule has 0 saturated heterocycles. The average Bonchev–Trinajstić information content (AvgIpc) is 2.48. The van der Waals surface area contributed by atoms with Crippen molar-refractivity contribution in [1.29, 1.82) is 0 Å². The Kier molecular flexibility index (Phi) is 8.30. The van der Waals surface area contributed by atoms with E-state index in [1.807, 2.05) is 13.8 Å². The molecule has 1 aromatic carbocycles. The number of hydrogen-bond acceptors (Lipinski definition) is 4. The highest BCUT2D eigenvalue weighted by Crippen LogP contribution is 2.33. The lowest BCUT2D eigenvalue weighted by Gasteiger charge is -2.19. The third-order valence-electron chi connectivity index (χ3n) is 3.05. The van der Waals surface area contributed by atoms with Crippen LogP contribution < -0.4 is 0 Å². The summed E-state index contributed by atoms with van der Waals surface area (Å²) in [5, 5.41) is 10.9. The zero-order valence-corrected chi connectivity index (χ0v) is 13.6. The van der Waals surface area contributed by atoms with E-state index in [1.165, 1.54) is 0 Å². The van der Waals surface area contributed by atoms with Gasteiger partial charge in [0, 0.05) is 6.07 Å².